The number of benzene rings is 1. The predicted octanol–water partition coefficient (Wildman–Crippen LogP) is 1.83. The van der Waals surface area contributed by atoms with Crippen LogP contribution < -0.4 is 0 Å². The van der Waals surface area contributed by atoms with Crippen molar-refractivity contribution in [2.75, 3.05) is 12.8 Å². The maximum Gasteiger partial charge on any atom is 0.233 e. The zero-order valence-electron chi connectivity index (χ0n) is 10.6. The summed E-state index contributed by atoms with van der Waals surface area (Å²) in [5, 5.41) is 6.33. The van der Waals surface area contributed by atoms with Crippen LogP contribution in [0, 0.1) is 11.6 Å². The molecule has 0 aliphatic rings. The first-order chi connectivity index (χ1) is 9.56. The Balaban J connectivity index is 1.88. The molecule has 1 aromatic carbocycles. The lowest BCUT2D eigenvalue weighted by atomic mass is 10.3. The van der Waals surface area contributed by atoms with E-state index in [0.717, 1.165) is 23.9 Å². The van der Waals surface area contributed by atoms with Crippen molar-refractivity contribution in [3.05, 3.63) is 42.0 Å². The van der Waals surface area contributed by atoms with Gasteiger partial charge in [-0.15, -0.1) is 11.8 Å². The number of hydrogen-bond donors (Lipinski definition) is 1. The van der Waals surface area contributed by atoms with Crippen molar-refractivity contribution in [3.63, 3.8) is 0 Å². The third-order valence-electron chi connectivity index (χ3n) is 2.52. The molecular formula is C12H12F2N4OS. The number of halogens is 2. The second-order valence-electron chi connectivity index (χ2n) is 4.05. The van der Waals surface area contributed by atoms with E-state index in [2.05, 4.69) is 15.2 Å². The molecule has 1 aromatic heterocycles. The molecule has 1 N–H and O–H groups in total. The summed E-state index contributed by atoms with van der Waals surface area (Å²) in [5.74, 6) is -0.858. The van der Waals surface area contributed by atoms with E-state index in [1.165, 1.54) is 17.3 Å². The number of aromatic nitrogens is 3. The van der Waals surface area contributed by atoms with Gasteiger partial charge in [-0.3, -0.25) is 9.89 Å². The minimum Gasteiger partial charge on any atom is -0.338 e. The zero-order chi connectivity index (χ0) is 14.5. The molecule has 0 aliphatic carbocycles. The number of hydrogen-bond acceptors (Lipinski definition) is 4. The van der Waals surface area contributed by atoms with Crippen molar-refractivity contribution >= 4 is 17.7 Å². The van der Waals surface area contributed by atoms with Crippen molar-refractivity contribution in [1.29, 1.82) is 0 Å². The minimum atomic E-state index is -0.666. The molecule has 8 heteroatoms. The van der Waals surface area contributed by atoms with Crippen LogP contribution >= 0.6 is 11.8 Å². The largest absolute Gasteiger partial charge is 0.338 e. The first kappa shape index (κ1) is 14.4. The maximum atomic E-state index is 13.4. The van der Waals surface area contributed by atoms with Gasteiger partial charge in [-0.25, -0.2) is 13.8 Å². The molecule has 0 bridgehead atoms. The average molecular weight is 298 g/mol. The molecule has 0 fully saturated rings. The second kappa shape index (κ2) is 6.47. The Morgan fingerprint density at radius 2 is 2.25 bits per heavy atom. The molecule has 0 aliphatic heterocycles. The Labute approximate surface area is 118 Å². The zero-order valence-corrected chi connectivity index (χ0v) is 11.5. The van der Waals surface area contributed by atoms with Crippen LogP contribution in [0.5, 0.6) is 0 Å². The molecule has 0 saturated heterocycles. The van der Waals surface area contributed by atoms with Crippen molar-refractivity contribution < 1.29 is 13.6 Å². The highest BCUT2D eigenvalue weighted by Crippen LogP contribution is 2.22. The summed E-state index contributed by atoms with van der Waals surface area (Å²) >= 11 is 1.03. The first-order valence-electron chi connectivity index (χ1n) is 5.72. The average Bonchev–Trinajstić information content (AvgIpc) is 2.90. The highest BCUT2D eigenvalue weighted by Gasteiger charge is 2.13. The van der Waals surface area contributed by atoms with Gasteiger partial charge in [-0.05, 0) is 12.1 Å². The Morgan fingerprint density at radius 1 is 1.45 bits per heavy atom. The summed E-state index contributed by atoms with van der Waals surface area (Å²) in [7, 11) is 1.62. The van der Waals surface area contributed by atoms with Crippen LogP contribution in [0.25, 0.3) is 0 Å². The van der Waals surface area contributed by atoms with Gasteiger partial charge in [0.15, 0.2) is 0 Å². The maximum absolute atomic E-state index is 13.4. The lowest BCUT2D eigenvalue weighted by Crippen LogP contribution is -2.28. The fraction of sp³-hybridized carbons (Fsp3) is 0.250. The van der Waals surface area contributed by atoms with E-state index < -0.39 is 11.6 Å². The van der Waals surface area contributed by atoms with Crippen LogP contribution in [-0.2, 0) is 11.3 Å². The molecule has 20 heavy (non-hydrogen) atoms. The number of aromatic amines is 1. The fourth-order valence-corrected chi connectivity index (χ4v) is 2.32. The lowest BCUT2D eigenvalue weighted by molar-refractivity contribution is -0.127. The third kappa shape index (κ3) is 3.77. The van der Waals surface area contributed by atoms with Gasteiger partial charge in [0, 0.05) is 18.0 Å². The van der Waals surface area contributed by atoms with Gasteiger partial charge < -0.3 is 4.90 Å². The van der Waals surface area contributed by atoms with E-state index in [-0.39, 0.29) is 16.6 Å². The molecule has 0 saturated carbocycles. The Morgan fingerprint density at radius 3 is 2.90 bits per heavy atom. The normalized spacial score (nSPS) is 10.6. The van der Waals surface area contributed by atoms with Gasteiger partial charge in [-0.2, -0.15) is 5.10 Å². The quantitative estimate of drug-likeness (QED) is 0.856. The standard InChI is InChI=1S/C12H12F2N4OS/c1-18(5-11-15-7-16-17-11)12(19)6-20-10-3-2-8(13)4-9(10)14/h2-4,7H,5-6H2,1H3,(H,15,16,17). The SMILES string of the molecule is CN(Cc1ncn[nH]1)C(=O)CSc1ccc(F)cc1F. The lowest BCUT2D eigenvalue weighted by Gasteiger charge is -2.15. The number of rotatable bonds is 5. The fourth-order valence-electron chi connectivity index (χ4n) is 1.46. The van der Waals surface area contributed by atoms with Crippen LogP contribution in [0.1, 0.15) is 5.82 Å². The number of nitrogens with zero attached hydrogens (tertiary/aromatic N) is 3. The molecule has 0 radical (unpaired) electrons. The summed E-state index contributed by atoms with van der Waals surface area (Å²) in [6, 6.07) is 3.28. The molecule has 1 heterocycles. The smallest absolute Gasteiger partial charge is 0.233 e. The first-order valence-corrected chi connectivity index (χ1v) is 6.71. The summed E-state index contributed by atoms with van der Waals surface area (Å²) in [6.45, 7) is 0.297. The van der Waals surface area contributed by atoms with Crippen molar-refractivity contribution in [3.8, 4) is 0 Å². The second-order valence-corrected chi connectivity index (χ2v) is 5.06. The number of carbonyl (C=O) groups is 1. The molecule has 106 valence electrons. The number of amides is 1. The van der Waals surface area contributed by atoms with Gasteiger partial charge in [-0.1, -0.05) is 0 Å². The molecule has 0 atom stereocenters. The summed E-state index contributed by atoms with van der Waals surface area (Å²) in [6.07, 6.45) is 1.36. The molecule has 0 unspecified atom stereocenters. The summed E-state index contributed by atoms with van der Waals surface area (Å²) in [5.41, 5.74) is 0. The van der Waals surface area contributed by atoms with Crippen LogP contribution in [0.3, 0.4) is 0 Å². The van der Waals surface area contributed by atoms with E-state index in [4.69, 9.17) is 0 Å². The molecule has 0 spiro atoms. The summed E-state index contributed by atoms with van der Waals surface area (Å²) < 4.78 is 26.1. The predicted molar refractivity (Wildman–Crippen MR) is 69.9 cm³/mol. The van der Waals surface area contributed by atoms with Gasteiger partial charge >= 0.3 is 0 Å². The van der Waals surface area contributed by atoms with Crippen molar-refractivity contribution in [1.82, 2.24) is 20.1 Å². The Kier molecular flexibility index (Phi) is 4.67. The van der Waals surface area contributed by atoms with Crippen LogP contribution in [0.4, 0.5) is 8.78 Å². The highest BCUT2D eigenvalue weighted by molar-refractivity contribution is 8.00. The van der Waals surface area contributed by atoms with E-state index in [0.29, 0.717) is 12.4 Å². The van der Waals surface area contributed by atoms with Gasteiger partial charge in [0.1, 0.15) is 23.8 Å². The number of thioether (sulfide) groups is 1. The number of nitrogens with one attached hydrogen (secondary N) is 1. The van der Waals surface area contributed by atoms with Gasteiger partial charge in [0.2, 0.25) is 5.91 Å². The highest BCUT2D eigenvalue weighted by atomic mass is 32.2. The summed E-state index contributed by atoms with van der Waals surface area (Å²) in [4.78, 5) is 17.5. The van der Waals surface area contributed by atoms with E-state index in [1.807, 2.05) is 0 Å². The van der Waals surface area contributed by atoms with E-state index in [1.54, 1.807) is 7.05 Å². The topological polar surface area (TPSA) is 61.9 Å². The van der Waals surface area contributed by atoms with E-state index >= 15 is 0 Å². The monoisotopic (exact) mass is 298 g/mol. The van der Waals surface area contributed by atoms with Crippen molar-refractivity contribution in [2.45, 2.75) is 11.4 Å². The van der Waals surface area contributed by atoms with Gasteiger partial charge in [0.05, 0.1) is 12.3 Å². The van der Waals surface area contributed by atoms with Gasteiger partial charge in [0.25, 0.3) is 0 Å². The number of H-pyrrole nitrogens is 1. The van der Waals surface area contributed by atoms with Crippen molar-refractivity contribution in [2.24, 2.45) is 0 Å². The Hall–Kier alpha value is -1.96. The van der Waals surface area contributed by atoms with Crippen LogP contribution in [-0.4, -0.2) is 38.8 Å². The van der Waals surface area contributed by atoms with Crippen LogP contribution in [0.15, 0.2) is 29.4 Å². The molecule has 2 aromatic rings. The number of carbonyl (C=O) groups excluding carboxylic acids is 1. The Bertz CT molecular complexity index is 591. The minimum absolute atomic E-state index is 0.0627. The molecular weight excluding hydrogens is 286 g/mol. The molecule has 5 nitrogen and oxygen atoms in total. The molecule has 2 rings (SSSR count). The molecule has 1 amide bonds. The van der Waals surface area contributed by atoms with E-state index in [9.17, 15) is 13.6 Å². The third-order valence-corrected chi connectivity index (χ3v) is 3.56. The van der Waals surface area contributed by atoms with Crippen LogP contribution in [0.2, 0.25) is 0 Å².